The quantitative estimate of drug-likeness (QED) is 0.755. The molecule has 1 aliphatic rings. The third-order valence-corrected chi connectivity index (χ3v) is 3.72. The molecule has 0 spiro atoms. The largest absolute Gasteiger partial charge is 0.488 e. The van der Waals surface area contributed by atoms with Crippen LogP contribution in [0, 0.1) is 5.82 Å². The normalized spacial score (nSPS) is 13.4. The zero-order valence-corrected chi connectivity index (χ0v) is 14.0. The molecule has 2 amide bonds. The number of hydrogen-bond acceptors (Lipinski definition) is 4. The molecule has 0 N–H and O–H groups in total. The van der Waals surface area contributed by atoms with Crippen LogP contribution in [0.1, 0.15) is 34.6 Å². The van der Waals surface area contributed by atoms with E-state index in [0.717, 1.165) is 4.90 Å². The van der Waals surface area contributed by atoms with Crippen LogP contribution in [-0.2, 0) is 0 Å². The Morgan fingerprint density at radius 1 is 1.00 bits per heavy atom. The summed E-state index contributed by atoms with van der Waals surface area (Å²) < 4.78 is 24.6. The van der Waals surface area contributed by atoms with Crippen molar-refractivity contribution in [3.8, 4) is 11.5 Å². The molecule has 0 bridgehead atoms. The summed E-state index contributed by atoms with van der Waals surface area (Å²) in [7, 11) is 0. The number of fused-ring (bicyclic) bond motifs is 1. The van der Waals surface area contributed by atoms with Crippen LogP contribution in [-0.4, -0.2) is 36.0 Å². The summed E-state index contributed by atoms with van der Waals surface area (Å²) in [5.41, 5.74) is 0.782. The van der Waals surface area contributed by atoms with Gasteiger partial charge in [0, 0.05) is 6.07 Å². The summed E-state index contributed by atoms with van der Waals surface area (Å²) in [5, 5.41) is 0. The fourth-order valence-corrected chi connectivity index (χ4v) is 2.64. The molecule has 0 aliphatic carbocycles. The molecule has 130 valence electrons. The SMILES string of the molecule is CC(C)Oc1ccc(F)cc1OCCN1C(=O)c2ccccc2C1=O. The summed E-state index contributed by atoms with van der Waals surface area (Å²) >= 11 is 0. The van der Waals surface area contributed by atoms with Crippen LogP contribution >= 0.6 is 0 Å². The van der Waals surface area contributed by atoms with E-state index < -0.39 is 5.82 Å². The van der Waals surface area contributed by atoms with Crippen molar-refractivity contribution in [3.05, 3.63) is 59.4 Å². The number of amides is 2. The van der Waals surface area contributed by atoms with E-state index in [4.69, 9.17) is 9.47 Å². The highest BCUT2D eigenvalue weighted by Crippen LogP contribution is 2.29. The van der Waals surface area contributed by atoms with Crippen molar-refractivity contribution in [2.45, 2.75) is 20.0 Å². The standard InChI is InChI=1S/C19H18FNO4/c1-12(2)25-16-8-7-13(20)11-17(16)24-10-9-21-18(22)14-5-3-4-6-15(14)19(21)23/h3-8,11-12H,9-10H2,1-2H3. The smallest absolute Gasteiger partial charge is 0.261 e. The van der Waals surface area contributed by atoms with Crippen molar-refractivity contribution in [2.24, 2.45) is 0 Å². The summed E-state index contributed by atoms with van der Waals surface area (Å²) in [6.45, 7) is 3.82. The maximum atomic E-state index is 13.5. The van der Waals surface area contributed by atoms with Gasteiger partial charge in [-0.1, -0.05) is 12.1 Å². The lowest BCUT2D eigenvalue weighted by molar-refractivity contribution is 0.0630. The molecule has 0 unspecified atom stereocenters. The molecule has 2 aromatic carbocycles. The lowest BCUT2D eigenvalue weighted by atomic mass is 10.1. The molecule has 0 saturated heterocycles. The monoisotopic (exact) mass is 343 g/mol. The van der Waals surface area contributed by atoms with Crippen LogP contribution in [0.15, 0.2) is 42.5 Å². The molecule has 0 saturated carbocycles. The number of benzene rings is 2. The van der Waals surface area contributed by atoms with E-state index in [1.165, 1.54) is 18.2 Å². The first-order valence-corrected chi connectivity index (χ1v) is 8.01. The first-order valence-electron chi connectivity index (χ1n) is 8.01. The van der Waals surface area contributed by atoms with Crippen molar-refractivity contribution < 1.29 is 23.5 Å². The summed E-state index contributed by atoms with van der Waals surface area (Å²) in [4.78, 5) is 25.7. The minimum Gasteiger partial charge on any atom is -0.488 e. The lowest BCUT2D eigenvalue weighted by Crippen LogP contribution is -2.33. The Bertz CT molecular complexity index is 784. The average molecular weight is 343 g/mol. The van der Waals surface area contributed by atoms with Crippen molar-refractivity contribution in [1.29, 1.82) is 0 Å². The van der Waals surface area contributed by atoms with E-state index in [1.54, 1.807) is 24.3 Å². The average Bonchev–Trinajstić information content (AvgIpc) is 2.82. The van der Waals surface area contributed by atoms with Gasteiger partial charge in [-0.15, -0.1) is 0 Å². The number of nitrogens with zero attached hydrogens (tertiary/aromatic N) is 1. The molecular formula is C19H18FNO4. The van der Waals surface area contributed by atoms with E-state index in [2.05, 4.69) is 0 Å². The third kappa shape index (κ3) is 3.47. The van der Waals surface area contributed by atoms with Gasteiger partial charge in [0.2, 0.25) is 0 Å². The van der Waals surface area contributed by atoms with Crippen LogP contribution in [0.25, 0.3) is 0 Å². The molecule has 6 heteroatoms. The minimum absolute atomic E-state index is 0.0450. The number of halogens is 1. The Kier molecular flexibility index (Phi) is 4.70. The first-order chi connectivity index (χ1) is 12.0. The van der Waals surface area contributed by atoms with E-state index >= 15 is 0 Å². The van der Waals surface area contributed by atoms with Gasteiger partial charge < -0.3 is 9.47 Å². The van der Waals surface area contributed by atoms with Gasteiger partial charge in [-0.25, -0.2) is 4.39 Å². The summed E-state index contributed by atoms with van der Waals surface area (Å²) in [6, 6.07) is 10.7. The Labute approximate surface area is 145 Å². The van der Waals surface area contributed by atoms with Crippen LogP contribution in [0.4, 0.5) is 4.39 Å². The fraction of sp³-hybridized carbons (Fsp3) is 0.263. The van der Waals surface area contributed by atoms with Crippen molar-refractivity contribution in [1.82, 2.24) is 4.90 Å². The summed E-state index contributed by atoms with van der Waals surface area (Å²) in [5.74, 6) is -0.486. The predicted molar refractivity (Wildman–Crippen MR) is 89.5 cm³/mol. The van der Waals surface area contributed by atoms with Crippen LogP contribution in [0.5, 0.6) is 11.5 Å². The number of imide groups is 1. The van der Waals surface area contributed by atoms with Gasteiger partial charge in [0.05, 0.1) is 23.8 Å². The van der Waals surface area contributed by atoms with Crippen LogP contribution < -0.4 is 9.47 Å². The van der Waals surface area contributed by atoms with Crippen molar-refractivity contribution >= 4 is 11.8 Å². The minimum atomic E-state index is -0.452. The van der Waals surface area contributed by atoms with Crippen molar-refractivity contribution in [3.63, 3.8) is 0 Å². The number of rotatable bonds is 6. The molecule has 25 heavy (non-hydrogen) atoms. The van der Waals surface area contributed by atoms with E-state index in [0.29, 0.717) is 16.9 Å². The van der Waals surface area contributed by atoms with Gasteiger partial charge in [0.25, 0.3) is 11.8 Å². The lowest BCUT2D eigenvalue weighted by Gasteiger charge is -2.17. The second-order valence-electron chi connectivity index (χ2n) is 5.91. The highest BCUT2D eigenvalue weighted by atomic mass is 19.1. The molecule has 5 nitrogen and oxygen atoms in total. The second kappa shape index (κ2) is 6.93. The molecule has 3 rings (SSSR count). The van der Waals surface area contributed by atoms with Crippen molar-refractivity contribution in [2.75, 3.05) is 13.2 Å². The molecule has 1 heterocycles. The maximum Gasteiger partial charge on any atom is 0.261 e. The van der Waals surface area contributed by atoms with Gasteiger partial charge in [0.15, 0.2) is 11.5 Å². The molecule has 0 fully saturated rings. The first kappa shape index (κ1) is 17.0. The Morgan fingerprint density at radius 2 is 1.64 bits per heavy atom. The predicted octanol–water partition coefficient (Wildman–Crippen LogP) is 3.29. The Morgan fingerprint density at radius 3 is 2.24 bits per heavy atom. The van der Waals surface area contributed by atoms with E-state index in [1.807, 2.05) is 13.8 Å². The molecule has 1 aliphatic heterocycles. The third-order valence-electron chi connectivity index (χ3n) is 3.72. The topological polar surface area (TPSA) is 55.8 Å². The highest BCUT2D eigenvalue weighted by Gasteiger charge is 2.34. The number of carbonyl (C=O) groups is 2. The number of ether oxygens (including phenoxy) is 2. The number of hydrogen-bond donors (Lipinski definition) is 0. The van der Waals surface area contributed by atoms with Gasteiger partial charge in [-0.05, 0) is 38.1 Å². The van der Waals surface area contributed by atoms with Gasteiger partial charge in [0.1, 0.15) is 12.4 Å². The van der Waals surface area contributed by atoms with Crippen LogP contribution in [0.2, 0.25) is 0 Å². The zero-order valence-electron chi connectivity index (χ0n) is 14.0. The van der Waals surface area contributed by atoms with E-state index in [-0.39, 0.29) is 36.8 Å². The maximum absolute atomic E-state index is 13.5. The van der Waals surface area contributed by atoms with Gasteiger partial charge >= 0.3 is 0 Å². The highest BCUT2D eigenvalue weighted by molar-refractivity contribution is 6.21. The Hall–Kier alpha value is -2.89. The van der Waals surface area contributed by atoms with Gasteiger partial charge in [-0.3, -0.25) is 14.5 Å². The second-order valence-corrected chi connectivity index (χ2v) is 5.91. The molecule has 2 aromatic rings. The van der Waals surface area contributed by atoms with Crippen LogP contribution in [0.3, 0.4) is 0 Å². The Balaban J connectivity index is 1.67. The molecule has 0 atom stereocenters. The molecular weight excluding hydrogens is 325 g/mol. The summed E-state index contributed by atoms with van der Waals surface area (Å²) in [6.07, 6.45) is -0.0935. The molecule has 0 aromatic heterocycles. The fourth-order valence-electron chi connectivity index (χ4n) is 2.64. The van der Waals surface area contributed by atoms with E-state index in [9.17, 15) is 14.0 Å². The molecule has 0 radical (unpaired) electrons. The number of carbonyl (C=O) groups excluding carboxylic acids is 2. The van der Waals surface area contributed by atoms with Gasteiger partial charge in [-0.2, -0.15) is 0 Å². The zero-order chi connectivity index (χ0) is 18.0.